The zero-order chi connectivity index (χ0) is 36.2. The van der Waals surface area contributed by atoms with Gasteiger partial charge in [-0.15, -0.1) is 0 Å². The maximum absolute atomic E-state index is 13.9. The number of nitrogens with one attached hydrogen (secondary N) is 3. The molecule has 0 heterocycles. The van der Waals surface area contributed by atoms with Crippen LogP contribution in [0.1, 0.15) is 76.6 Å². The lowest BCUT2D eigenvalue weighted by atomic mass is 9.89. The van der Waals surface area contributed by atoms with E-state index in [1.807, 2.05) is 30.3 Å². The molecule has 12 heteroatoms. The first-order valence-corrected chi connectivity index (χ1v) is 17.9. The van der Waals surface area contributed by atoms with Gasteiger partial charge < -0.3 is 30.5 Å². The lowest BCUT2D eigenvalue weighted by Crippen LogP contribution is -2.49. The number of carbonyl (C=O) groups excluding carboxylic acids is 4. The molecule has 0 radical (unpaired) electrons. The fourth-order valence-electron chi connectivity index (χ4n) is 5.13. The van der Waals surface area contributed by atoms with Crippen LogP contribution in [0.2, 0.25) is 0 Å². The fraction of sp³-hybridized carbons (Fsp3) is 0.556. The molecule has 2 aromatic carbocycles. The van der Waals surface area contributed by atoms with Crippen LogP contribution in [-0.2, 0) is 42.7 Å². The molecule has 3 amide bonds. The molecule has 0 aliphatic heterocycles. The van der Waals surface area contributed by atoms with Crippen molar-refractivity contribution in [3.8, 4) is 5.75 Å². The third kappa shape index (κ3) is 15.3. The van der Waals surface area contributed by atoms with Gasteiger partial charge in [0.1, 0.15) is 17.0 Å². The van der Waals surface area contributed by atoms with Crippen molar-refractivity contribution < 1.29 is 38.0 Å². The molecular weight excluding hydrogens is 634 g/mol. The van der Waals surface area contributed by atoms with E-state index in [4.69, 9.17) is 9.47 Å². The number of hydrogen-bond donors (Lipinski definition) is 4. The van der Waals surface area contributed by atoms with E-state index in [-0.39, 0.29) is 37.3 Å². The molecule has 0 aromatic heterocycles. The van der Waals surface area contributed by atoms with E-state index in [9.17, 15) is 28.5 Å². The number of carbonyl (C=O) groups is 4. The Hall–Kier alpha value is -3.93. The summed E-state index contributed by atoms with van der Waals surface area (Å²) < 4.78 is 22.9. The largest absolute Gasteiger partial charge is 0.508 e. The molecule has 0 fully saturated rings. The Kier molecular flexibility index (Phi) is 15.1. The number of Topliss-reactive ketones (excluding diaryl/α,β-unsaturated/α-hetero) is 1. The molecule has 4 N–H and O–H groups in total. The molecule has 266 valence electrons. The Balaban J connectivity index is 2.30. The summed E-state index contributed by atoms with van der Waals surface area (Å²) in [6, 6.07) is 11.1. The van der Waals surface area contributed by atoms with Gasteiger partial charge in [-0.05, 0) is 103 Å². The van der Waals surface area contributed by atoms with Crippen LogP contribution in [0.15, 0.2) is 42.5 Å². The van der Waals surface area contributed by atoms with Crippen LogP contribution in [0.3, 0.4) is 0 Å². The Morgan fingerprint density at radius 3 is 1.92 bits per heavy atom. The van der Waals surface area contributed by atoms with Crippen LogP contribution in [-0.4, -0.2) is 75.0 Å². The van der Waals surface area contributed by atoms with Gasteiger partial charge in [-0.2, -0.15) is 0 Å². The molecule has 0 aliphatic rings. The summed E-state index contributed by atoms with van der Waals surface area (Å²) in [5.74, 6) is -1.42. The van der Waals surface area contributed by atoms with Crippen molar-refractivity contribution in [2.75, 3.05) is 18.6 Å². The third-order valence-corrected chi connectivity index (χ3v) is 8.12. The standard InChI is InChI=1S/C36H53N3O8S/c1-23-17-28(40)18-24(2)29(23)21-30(39-34(44)47-36(6,7)8)31(41)20-26(15-16-48(9)45)32(42)37-22-27(19-25-13-11-10-12-14-25)38-33(43)46-35(3,4)5/h10-14,17-18,26-27,30,40H,15-16,19-22H2,1-9H3,(H,37,42)(H,38,43)(H,39,44)/t26-,27-,30-,48?/m0/s1. The number of benzene rings is 2. The maximum atomic E-state index is 13.9. The minimum absolute atomic E-state index is 0.0539. The minimum Gasteiger partial charge on any atom is -0.508 e. The molecular formula is C36H53N3O8S. The summed E-state index contributed by atoms with van der Waals surface area (Å²) in [5, 5.41) is 18.4. The lowest BCUT2D eigenvalue weighted by molar-refractivity contribution is -0.130. The highest BCUT2D eigenvalue weighted by molar-refractivity contribution is 7.84. The van der Waals surface area contributed by atoms with E-state index in [0.29, 0.717) is 6.42 Å². The van der Waals surface area contributed by atoms with E-state index in [0.717, 1.165) is 22.3 Å². The SMILES string of the molecule is Cc1cc(O)cc(C)c1C[C@H](NC(=O)OC(C)(C)C)C(=O)C[C@H](CCS(C)=O)C(=O)NC[C@H](Cc1ccccc1)NC(=O)OC(C)(C)C. The number of hydrogen-bond acceptors (Lipinski definition) is 8. The van der Waals surface area contributed by atoms with Crippen molar-refractivity contribution in [2.45, 2.75) is 104 Å². The summed E-state index contributed by atoms with van der Waals surface area (Å²) in [7, 11) is -1.22. The molecule has 48 heavy (non-hydrogen) atoms. The van der Waals surface area contributed by atoms with Crippen LogP contribution in [0, 0.1) is 19.8 Å². The quantitative estimate of drug-likeness (QED) is 0.203. The van der Waals surface area contributed by atoms with Gasteiger partial charge in [0.25, 0.3) is 0 Å². The summed E-state index contributed by atoms with van der Waals surface area (Å²) in [4.78, 5) is 53.0. The average Bonchev–Trinajstić information content (AvgIpc) is 2.93. The van der Waals surface area contributed by atoms with Crippen molar-refractivity contribution in [1.29, 1.82) is 0 Å². The topological polar surface area (TPSA) is 160 Å². The normalized spacial score (nSPS) is 14.2. The van der Waals surface area contributed by atoms with Crippen molar-refractivity contribution in [2.24, 2.45) is 5.92 Å². The van der Waals surface area contributed by atoms with Crippen molar-refractivity contribution in [3.63, 3.8) is 0 Å². The van der Waals surface area contributed by atoms with Gasteiger partial charge in [0, 0.05) is 48.1 Å². The predicted molar refractivity (Wildman–Crippen MR) is 187 cm³/mol. The van der Waals surface area contributed by atoms with Crippen LogP contribution in [0.5, 0.6) is 5.75 Å². The fourth-order valence-corrected chi connectivity index (χ4v) is 5.74. The Bertz CT molecular complexity index is 1410. The Labute approximate surface area is 287 Å². The highest BCUT2D eigenvalue weighted by Gasteiger charge is 2.31. The first kappa shape index (κ1) is 40.2. The molecule has 0 spiro atoms. The Morgan fingerprint density at radius 2 is 1.40 bits per heavy atom. The third-order valence-electron chi connectivity index (χ3n) is 7.31. The summed E-state index contributed by atoms with van der Waals surface area (Å²) in [5.41, 5.74) is 1.68. The number of amides is 3. The number of rotatable bonds is 15. The van der Waals surface area contributed by atoms with E-state index >= 15 is 0 Å². The second-order valence-corrected chi connectivity index (χ2v) is 15.7. The van der Waals surface area contributed by atoms with Gasteiger partial charge in [0.05, 0.1) is 12.1 Å². The van der Waals surface area contributed by atoms with Gasteiger partial charge in [0.2, 0.25) is 5.91 Å². The van der Waals surface area contributed by atoms with Crippen molar-refractivity contribution >= 4 is 34.7 Å². The van der Waals surface area contributed by atoms with E-state index in [1.54, 1.807) is 67.5 Å². The van der Waals surface area contributed by atoms with Gasteiger partial charge in [0.15, 0.2) is 5.78 Å². The van der Waals surface area contributed by atoms with Gasteiger partial charge >= 0.3 is 12.2 Å². The molecule has 1 unspecified atom stereocenters. The molecule has 2 rings (SSSR count). The van der Waals surface area contributed by atoms with Crippen molar-refractivity contribution in [3.05, 3.63) is 64.7 Å². The second kappa shape index (κ2) is 18.0. The first-order chi connectivity index (χ1) is 22.2. The van der Waals surface area contributed by atoms with Crippen LogP contribution < -0.4 is 16.0 Å². The summed E-state index contributed by atoms with van der Waals surface area (Å²) >= 11 is 0. The average molecular weight is 688 g/mol. The van der Waals surface area contributed by atoms with E-state index in [2.05, 4.69) is 16.0 Å². The molecule has 4 atom stereocenters. The smallest absolute Gasteiger partial charge is 0.408 e. The van der Waals surface area contributed by atoms with Crippen LogP contribution >= 0.6 is 0 Å². The Morgan fingerprint density at radius 1 is 0.854 bits per heavy atom. The highest BCUT2D eigenvalue weighted by Crippen LogP contribution is 2.24. The van der Waals surface area contributed by atoms with Crippen LogP contribution in [0.4, 0.5) is 9.59 Å². The zero-order valence-corrected chi connectivity index (χ0v) is 30.5. The number of alkyl carbamates (subject to hydrolysis) is 2. The van der Waals surface area contributed by atoms with E-state index in [1.165, 1.54) is 6.26 Å². The number of ketones is 1. The summed E-state index contributed by atoms with van der Waals surface area (Å²) in [6.07, 6.45) is 0.590. The predicted octanol–water partition coefficient (Wildman–Crippen LogP) is 5.04. The monoisotopic (exact) mass is 687 g/mol. The zero-order valence-electron chi connectivity index (χ0n) is 29.7. The molecule has 0 aliphatic carbocycles. The summed E-state index contributed by atoms with van der Waals surface area (Å²) in [6.45, 7) is 14.1. The maximum Gasteiger partial charge on any atom is 0.408 e. The lowest BCUT2D eigenvalue weighted by Gasteiger charge is -2.26. The van der Waals surface area contributed by atoms with Gasteiger partial charge in [-0.1, -0.05) is 30.3 Å². The number of ether oxygens (including phenoxy) is 2. The molecule has 0 bridgehead atoms. The van der Waals surface area contributed by atoms with Gasteiger partial charge in [-0.3, -0.25) is 13.8 Å². The van der Waals surface area contributed by atoms with E-state index < -0.39 is 63.9 Å². The van der Waals surface area contributed by atoms with Crippen molar-refractivity contribution in [1.82, 2.24) is 16.0 Å². The molecule has 2 aromatic rings. The van der Waals surface area contributed by atoms with Crippen LogP contribution in [0.25, 0.3) is 0 Å². The molecule has 0 saturated heterocycles. The number of aryl methyl sites for hydroxylation is 2. The minimum atomic E-state index is -1.22. The first-order valence-electron chi connectivity index (χ1n) is 16.1. The molecule has 0 saturated carbocycles. The number of phenolic OH excluding ortho intramolecular Hbond substituents is 1. The highest BCUT2D eigenvalue weighted by atomic mass is 32.2. The second-order valence-electron chi connectivity index (χ2n) is 14.2. The number of phenols is 1. The molecule has 11 nitrogen and oxygen atoms in total. The number of aromatic hydroxyl groups is 1. The van der Waals surface area contributed by atoms with Gasteiger partial charge in [-0.25, -0.2) is 9.59 Å².